The number of sulfonamides is 1. The number of halogens is 1. The lowest BCUT2D eigenvalue weighted by atomic mass is 10.2. The van der Waals surface area contributed by atoms with E-state index in [1.54, 1.807) is 5.38 Å². The van der Waals surface area contributed by atoms with Crippen molar-refractivity contribution < 1.29 is 8.42 Å². The van der Waals surface area contributed by atoms with Crippen molar-refractivity contribution in [3.05, 3.63) is 45.7 Å². The highest BCUT2D eigenvalue weighted by atomic mass is 79.9. The minimum absolute atomic E-state index is 0.233. The van der Waals surface area contributed by atoms with E-state index in [-0.39, 0.29) is 10.8 Å². The van der Waals surface area contributed by atoms with Gasteiger partial charge in [0.25, 0.3) is 0 Å². The SMILES string of the molecule is Nc1csc(S(=O)(=O)NCc2ccc(Br)cc2)c1. The quantitative estimate of drug-likeness (QED) is 0.893. The summed E-state index contributed by atoms with van der Waals surface area (Å²) in [5.74, 6) is 0. The molecule has 0 aliphatic rings. The van der Waals surface area contributed by atoms with Gasteiger partial charge in [-0.3, -0.25) is 0 Å². The number of nitrogens with one attached hydrogen (secondary N) is 1. The van der Waals surface area contributed by atoms with Gasteiger partial charge in [0.15, 0.2) is 0 Å². The van der Waals surface area contributed by atoms with E-state index in [9.17, 15) is 8.42 Å². The fourth-order valence-corrected chi connectivity index (χ4v) is 3.73. The monoisotopic (exact) mass is 346 g/mol. The smallest absolute Gasteiger partial charge is 0.250 e. The number of hydrogen-bond donors (Lipinski definition) is 2. The van der Waals surface area contributed by atoms with Gasteiger partial charge >= 0.3 is 0 Å². The zero-order chi connectivity index (χ0) is 13.2. The number of rotatable bonds is 4. The van der Waals surface area contributed by atoms with E-state index in [4.69, 9.17) is 5.73 Å². The molecule has 2 aromatic rings. The average molecular weight is 347 g/mol. The third kappa shape index (κ3) is 3.32. The van der Waals surface area contributed by atoms with Gasteiger partial charge in [-0.15, -0.1) is 11.3 Å². The standard InChI is InChI=1S/C11H11BrN2O2S2/c12-9-3-1-8(2-4-9)6-14-18(15,16)11-5-10(13)7-17-11/h1-5,7,14H,6,13H2. The lowest BCUT2D eigenvalue weighted by molar-refractivity contribution is 0.583. The minimum Gasteiger partial charge on any atom is -0.398 e. The summed E-state index contributed by atoms with van der Waals surface area (Å²) in [7, 11) is -3.47. The summed E-state index contributed by atoms with van der Waals surface area (Å²) >= 11 is 4.44. The van der Waals surface area contributed by atoms with Crippen LogP contribution in [0.3, 0.4) is 0 Å². The molecular formula is C11H11BrN2O2S2. The second-order valence-electron chi connectivity index (χ2n) is 3.65. The van der Waals surface area contributed by atoms with E-state index >= 15 is 0 Å². The Morgan fingerprint density at radius 1 is 1.28 bits per heavy atom. The van der Waals surface area contributed by atoms with Crippen LogP contribution in [0.4, 0.5) is 5.69 Å². The van der Waals surface area contributed by atoms with Crippen LogP contribution in [0.2, 0.25) is 0 Å². The Kier molecular flexibility index (Phi) is 4.06. The zero-order valence-electron chi connectivity index (χ0n) is 9.26. The number of nitrogens with two attached hydrogens (primary N) is 1. The molecule has 96 valence electrons. The first-order valence-electron chi connectivity index (χ1n) is 5.05. The highest BCUT2D eigenvalue weighted by molar-refractivity contribution is 9.10. The number of nitrogen functional groups attached to an aromatic ring is 1. The first-order chi connectivity index (χ1) is 8.47. The zero-order valence-corrected chi connectivity index (χ0v) is 12.5. The lowest BCUT2D eigenvalue weighted by Gasteiger charge is -2.04. The topological polar surface area (TPSA) is 72.2 Å². The van der Waals surface area contributed by atoms with Crippen LogP contribution in [0.25, 0.3) is 0 Å². The van der Waals surface area contributed by atoms with Gasteiger partial charge < -0.3 is 5.73 Å². The Hall–Kier alpha value is -0.890. The van der Waals surface area contributed by atoms with Crippen molar-refractivity contribution in [3.63, 3.8) is 0 Å². The van der Waals surface area contributed by atoms with Crippen LogP contribution in [0.5, 0.6) is 0 Å². The molecule has 1 aromatic carbocycles. The van der Waals surface area contributed by atoms with Crippen molar-refractivity contribution in [2.45, 2.75) is 10.8 Å². The van der Waals surface area contributed by atoms with E-state index < -0.39 is 10.0 Å². The molecule has 0 bridgehead atoms. The van der Waals surface area contributed by atoms with E-state index in [2.05, 4.69) is 20.7 Å². The summed E-state index contributed by atoms with van der Waals surface area (Å²) in [6.07, 6.45) is 0. The summed E-state index contributed by atoms with van der Waals surface area (Å²) in [6, 6.07) is 8.90. The van der Waals surface area contributed by atoms with Crippen molar-refractivity contribution in [2.24, 2.45) is 0 Å². The molecule has 0 spiro atoms. The summed E-state index contributed by atoms with van der Waals surface area (Å²) in [4.78, 5) is 0. The fourth-order valence-electron chi connectivity index (χ4n) is 1.32. The Morgan fingerprint density at radius 3 is 2.50 bits per heavy atom. The van der Waals surface area contributed by atoms with Crippen molar-refractivity contribution in [2.75, 3.05) is 5.73 Å². The molecule has 0 atom stereocenters. The second kappa shape index (κ2) is 5.40. The molecule has 2 rings (SSSR count). The van der Waals surface area contributed by atoms with E-state index in [1.165, 1.54) is 6.07 Å². The van der Waals surface area contributed by atoms with Crippen molar-refractivity contribution in [3.8, 4) is 0 Å². The van der Waals surface area contributed by atoms with Gasteiger partial charge in [0.05, 0.1) is 0 Å². The van der Waals surface area contributed by atoms with Gasteiger partial charge in [-0.25, -0.2) is 13.1 Å². The third-order valence-electron chi connectivity index (χ3n) is 2.24. The molecule has 0 radical (unpaired) electrons. The summed E-state index contributed by atoms with van der Waals surface area (Å²) < 4.78 is 27.6. The number of thiophene rings is 1. The first-order valence-corrected chi connectivity index (χ1v) is 8.21. The van der Waals surface area contributed by atoms with Gasteiger partial charge in [0.2, 0.25) is 10.0 Å². The average Bonchev–Trinajstić information content (AvgIpc) is 2.76. The normalized spacial score (nSPS) is 11.6. The maximum Gasteiger partial charge on any atom is 0.250 e. The summed E-state index contributed by atoms with van der Waals surface area (Å²) in [6.45, 7) is 0.257. The molecular weight excluding hydrogens is 336 g/mol. The third-order valence-corrected chi connectivity index (χ3v) is 5.63. The fraction of sp³-hybridized carbons (Fsp3) is 0.0909. The van der Waals surface area contributed by atoms with Crippen molar-refractivity contribution in [1.29, 1.82) is 0 Å². The molecule has 3 N–H and O–H groups in total. The summed E-state index contributed by atoms with van der Waals surface area (Å²) in [5.41, 5.74) is 6.87. The molecule has 0 saturated carbocycles. The molecule has 0 aliphatic carbocycles. The maximum absolute atomic E-state index is 11.9. The second-order valence-corrected chi connectivity index (χ2v) is 7.47. The molecule has 0 aliphatic heterocycles. The predicted molar refractivity (Wildman–Crippen MR) is 76.9 cm³/mol. The van der Waals surface area contributed by atoms with Crippen LogP contribution in [0, 0.1) is 0 Å². The molecule has 0 unspecified atom stereocenters. The van der Waals surface area contributed by atoms with Gasteiger partial charge in [0.1, 0.15) is 4.21 Å². The minimum atomic E-state index is -3.47. The first kappa shape index (κ1) is 13.5. The largest absolute Gasteiger partial charge is 0.398 e. The van der Waals surface area contributed by atoms with E-state index in [0.29, 0.717) is 5.69 Å². The van der Waals surface area contributed by atoms with E-state index in [1.807, 2.05) is 24.3 Å². The molecule has 1 heterocycles. The Bertz CT molecular complexity index is 635. The van der Waals surface area contributed by atoms with Gasteiger partial charge in [-0.1, -0.05) is 28.1 Å². The molecule has 0 saturated heterocycles. The maximum atomic E-state index is 11.9. The van der Waals surface area contributed by atoms with Crippen LogP contribution < -0.4 is 10.5 Å². The van der Waals surface area contributed by atoms with Crippen LogP contribution in [0.15, 0.2) is 44.4 Å². The Labute approximate surface area is 118 Å². The highest BCUT2D eigenvalue weighted by Crippen LogP contribution is 2.21. The van der Waals surface area contributed by atoms with Gasteiger partial charge in [-0.2, -0.15) is 0 Å². The highest BCUT2D eigenvalue weighted by Gasteiger charge is 2.15. The molecule has 1 aromatic heterocycles. The van der Waals surface area contributed by atoms with Crippen molar-refractivity contribution >= 4 is 43.0 Å². The summed E-state index contributed by atoms with van der Waals surface area (Å²) in [5, 5.41) is 1.61. The number of hydrogen-bond acceptors (Lipinski definition) is 4. The van der Waals surface area contributed by atoms with Crippen molar-refractivity contribution in [1.82, 2.24) is 4.72 Å². The lowest BCUT2D eigenvalue weighted by Crippen LogP contribution is -2.22. The van der Waals surface area contributed by atoms with Gasteiger partial charge in [-0.05, 0) is 23.8 Å². The Morgan fingerprint density at radius 2 is 1.94 bits per heavy atom. The van der Waals surface area contributed by atoms with Gasteiger partial charge in [0, 0.05) is 22.1 Å². The van der Waals surface area contributed by atoms with E-state index in [0.717, 1.165) is 21.4 Å². The number of anilines is 1. The molecule has 0 amide bonds. The number of benzene rings is 1. The predicted octanol–water partition coefficient (Wildman–Crippen LogP) is 2.57. The molecule has 18 heavy (non-hydrogen) atoms. The molecule has 0 fully saturated rings. The van der Waals surface area contributed by atoms with Crippen LogP contribution in [-0.2, 0) is 16.6 Å². The van der Waals surface area contributed by atoms with Crippen LogP contribution >= 0.6 is 27.3 Å². The van der Waals surface area contributed by atoms with Crippen LogP contribution in [-0.4, -0.2) is 8.42 Å². The van der Waals surface area contributed by atoms with Crippen LogP contribution in [0.1, 0.15) is 5.56 Å². The molecule has 4 nitrogen and oxygen atoms in total. The molecule has 7 heteroatoms. The Balaban J connectivity index is 2.08.